The zero-order valence-corrected chi connectivity index (χ0v) is 10.7. The van der Waals surface area contributed by atoms with Crippen molar-refractivity contribution >= 4 is 5.91 Å². The van der Waals surface area contributed by atoms with Crippen molar-refractivity contribution in [3.05, 3.63) is 12.2 Å². The van der Waals surface area contributed by atoms with Gasteiger partial charge in [-0.05, 0) is 39.0 Å². The molecule has 0 spiro atoms. The molecule has 3 nitrogen and oxygen atoms in total. The van der Waals surface area contributed by atoms with E-state index in [9.17, 15) is 4.79 Å². The summed E-state index contributed by atoms with van der Waals surface area (Å²) in [5.41, 5.74) is 0. The van der Waals surface area contributed by atoms with Crippen LogP contribution in [0, 0.1) is 5.92 Å². The summed E-state index contributed by atoms with van der Waals surface area (Å²) < 4.78 is 5.64. The van der Waals surface area contributed by atoms with Gasteiger partial charge in [0.2, 0.25) is 5.91 Å². The molecule has 2 aliphatic rings. The lowest BCUT2D eigenvalue weighted by Gasteiger charge is -2.35. The Bertz CT molecular complexity index is 286. The number of rotatable bonds is 3. The first-order valence-electron chi connectivity index (χ1n) is 6.86. The average Bonchev–Trinajstić information content (AvgIpc) is 2.40. The van der Waals surface area contributed by atoms with E-state index >= 15 is 0 Å². The summed E-state index contributed by atoms with van der Waals surface area (Å²) >= 11 is 0. The number of likely N-dealkylation sites (tertiary alicyclic amines) is 1. The first-order chi connectivity index (χ1) is 8.31. The number of amides is 1. The molecule has 1 aliphatic heterocycles. The van der Waals surface area contributed by atoms with E-state index in [4.69, 9.17) is 4.74 Å². The van der Waals surface area contributed by atoms with E-state index in [1.54, 1.807) is 0 Å². The molecule has 17 heavy (non-hydrogen) atoms. The standard InChI is InChI=1S/C14H23NO2/c1-2-17-13-9-6-10-15(11-13)14(16)12-7-4-3-5-8-12/h3-4,12-13H,2,5-11H2,1H3/t12-,13-/m1/s1. The summed E-state index contributed by atoms with van der Waals surface area (Å²) in [4.78, 5) is 14.4. The van der Waals surface area contributed by atoms with Gasteiger partial charge in [-0.3, -0.25) is 4.79 Å². The molecule has 0 aromatic heterocycles. The van der Waals surface area contributed by atoms with Crippen molar-refractivity contribution in [2.75, 3.05) is 19.7 Å². The predicted octanol–water partition coefficient (Wildman–Crippen LogP) is 2.37. The molecule has 1 heterocycles. The molecule has 1 amide bonds. The van der Waals surface area contributed by atoms with Crippen molar-refractivity contribution in [3.63, 3.8) is 0 Å². The minimum Gasteiger partial charge on any atom is -0.377 e. The molecule has 1 aliphatic carbocycles. The Morgan fingerprint density at radius 1 is 1.41 bits per heavy atom. The molecular formula is C14H23NO2. The van der Waals surface area contributed by atoms with Crippen LogP contribution in [0.25, 0.3) is 0 Å². The van der Waals surface area contributed by atoms with Gasteiger partial charge in [-0.25, -0.2) is 0 Å². The number of hydrogen-bond donors (Lipinski definition) is 0. The SMILES string of the molecule is CCO[C@@H]1CCCN(C(=O)[C@@H]2CC=CCC2)C1. The lowest BCUT2D eigenvalue weighted by molar-refractivity contribution is -0.139. The lowest BCUT2D eigenvalue weighted by Crippen LogP contribution is -2.45. The Balaban J connectivity index is 1.87. The van der Waals surface area contributed by atoms with Crippen molar-refractivity contribution in [2.45, 2.75) is 45.1 Å². The monoisotopic (exact) mass is 237 g/mol. The second kappa shape index (κ2) is 6.20. The molecule has 96 valence electrons. The Labute approximate surface area is 104 Å². The second-order valence-electron chi connectivity index (χ2n) is 4.99. The van der Waals surface area contributed by atoms with Crippen LogP contribution in [0.15, 0.2) is 12.2 Å². The molecule has 0 radical (unpaired) electrons. The highest BCUT2D eigenvalue weighted by molar-refractivity contribution is 5.79. The summed E-state index contributed by atoms with van der Waals surface area (Å²) in [7, 11) is 0. The zero-order valence-electron chi connectivity index (χ0n) is 10.7. The van der Waals surface area contributed by atoms with Gasteiger partial charge >= 0.3 is 0 Å². The zero-order chi connectivity index (χ0) is 12.1. The van der Waals surface area contributed by atoms with E-state index in [1.807, 2.05) is 11.8 Å². The fraction of sp³-hybridized carbons (Fsp3) is 0.786. The van der Waals surface area contributed by atoms with E-state index in [0.29, 0.717) is 5.91 Å². The van der Waals surface area contributed by atoms with Crippen LogP contribution in [0.4, 0.5) is 0 Å². The maximum atomic E-state index is 12.3. The minimum absolute atomic E-state index is 0.223. The summed E-state index contributed by atoms with van der Waals surface area (Å²) in [6.45, 7) is 4.49. The van der Waals surface area contributed by atoms with Crippen molar-refractivity contribution in [1.29, 1.82) is 0 Å². The Hall–Kier alpha value is -0.830. The van der Waals surface area contributed by atoms with Gasteiger partial charge in [0.25, 0.3) is 0 Å². The third-order valence-corrected chi connectivity index (χ3v) is 3.71. The topological polar surface area (TPSA) is 29.5 Å². The summed E-state index contributed by atoms with van der Waals surface area (Å²) in [6, 6.07) is 0. The number of carbonyl (C=O) groups excluding carboxylic acids is 1. The highest BCUT2D eigenvalue weighted by Crippen LogP contribution is 2.23. The second-order valence-corrected chi connectivity index (χ2v) is 4.99. The van der Waals surface area contributed by atoms with Gasteiger partial charge in [0.1, 0.15) is 0 Å². The molecule has 2 rings (SSSR count). The molecule has 0 unspecified atom stereocenters. The number of nitrogens with zero attached hydrogens (tertiary/aromatic N) is 1. The quantitative estimate of drug-likeness (QED) is 0.705. The molecule has 0 N–H and O–H groups in total. The van der Waals surface area contributed by atoms with E-state index < -0.39 is 0 Å². The van der Waals surface area contributed by atoms with Gasteiger partial charge in [0.15, 0.2) is 0 Å². The molecule has 0 bridgehead atoms. The number of piperidine rings is 1. The normalized spacial score (nSPS) is 29.4. The summed E-state index contributed by atoms with van der Waals surface area (Å²) in [6.07, 6.45) is 9.77. The van der Waals surface area contributed by atoms with Crippen molar-refractivity contribution in [3.8, 4) is 0 Å². The van der Waals surface area contributed by atoms with Crippen molar-refractivity contribution in [2.24, 2.45) is 5.92 Å². The first-order valence-corrected chi connectivity index (χ1v) is 6.86. The fourth-order valence-corrected chi connectivity index (χ4v) is 2.79. The molecule has 3 heteroatoms. The van der Waals surface area contributed by atoms with Crippen LogP contribution in [0.3, 0.4) is 0 Å². The Kier molecular flexibility index (Phi) is 4.60. The number of hydrogen-bond acceptors (Lipinski definition) is 2. The van der Waals surface area contributed by atoms with E-state index in [1.165, 1.54) is 0 Å². The maximum absolute atomic E-state index is 12.3. The van der Waals surface area contributed by atoms with Crippen LogP contribution in [0.2, 0.25) is 0 Å². The number of allylic oxidation sites excluding steroid dienone is 2. The third kappa shape index (κ3) is 3.32. The van der Waals surface area contributed by atoms with Crippen LogP contribution in [-0.4, -0.2) is 36.6 Å². The Morgan fingerprint density at radius 2 is 2.29 bits per heavy atom. The first kappa shape index (κ1) is 12.6. The number of ether oxygens (including phenoxy) is 1. The number of carbonyl (C=O) groups is 1. The van der Waals surface area contributed by atoms with Gasteiger partial charge < -0.3 is 9.64 Å². The summed E-state index contributed by atoms with van der Waals surface area (Å²) in [5, 5.41) is 0. The van der Waals surface area contributed by atoms with E-state index in [0.717, 1.165) is 51.8 Å². The van der Waals surface area contributed by atoms with Crippen LogP contribution < -0.4 is 0 Å². The molecule has 1 saturated heterocycles. The largest absolute Gasteiger partial charge is 0.377 e. The lowest BCUT2D eigenvalue weighted by atomic mass is 9.92. The van der Waals surface area contributed by atoms with E-state index in [-0.39, 0.29) is 12.0 Å². The smallest absolute Gasteiger partial charge is 0.226 e. The molecule has 0 aromatic carbocycles. The van der Waals surface area contributed by atoms with Crippen LogP contribution >= 0.6 is 0 Å². The van der Waals surface area contributed by atoms with Crippen LogP contribution in [0.1, 0.15) is 39.0 Å². The molecule has 0 saturated carbocycles. The minimum atomic E-state index is 0.223. The Morgan fingerprint density at radius 3 is 3.00 bits per heavy atom. The van der Waals surface area contributed by atoms with Crippen LogP contribution in [-0.2, 0) is 9.53 Å². The highest BCUT2D eigenvalue weighted by atomic mass is 16.5. The molecule has 1 fully saturated rings. The van der Waals surface area contributed by atoms with E-state index in [2.05, 4.69) is 12.2 Å². The van der Waals surface area contributed by atoms with Crippen molar-refractivity contribution in [1.82, 2.24) is 4.90 Å². The van der Waals surface area contributed by atoms with Crippen LogP contribution in [0.5, 0.6) is 0 Å². The van der Waals surface area contributed by atoms with Gasteiger partial charge in [-0.1, -0.05) is 12.2 Å². The molecule has 0 aromatic rings. The van der Waals surface area contributed by atoms with Gasteiger partial charge in [-0.2, -0.15) is 0 Å². The average molecular weight is 237 g/mol. The van der Waals surface area contributed by atoms with Crippen molar-refractivity contribution < 1.29 is 9.53 Å². The van der Waals surface area contributed by atoms with Gasteiger partial charge in [-0.15, -0.1) is 0 Å². The van der Waals surface area contributed by atoms with Gasteiger partial charge in [0, 0.05) is 25.6 Å². The summed E-state index contributed by atoms with van der Waals surface area (Å²) in [5.74, 6) is 0.569. The molecule has 2 atom stereocenters. The molecular weight excluding hydrogens is 214 g/mol. The maximum Gasteiger partial charge on any atom is 0.226 e. The highest BCUT2D eigenvalue weighted by Gasteiger charge is 2.28. The fourth-order valence-electron chi connectivity index (χ4n) is 2.79. The van der Waals surface area contributed by atoms with Gasteiger partial charge in [0.05, 0.1) is 6.10 Å². The third-order valence-electron chi connectivity index (χ3n) is 3.71. The predicted molar refractivity (Wildman–Crippen MR) is 67.7 cm³/mol.